The van der Waals surface area contributed by atoms with Crippen molar-refractivity contribution in [3.05, 3.63) is 65.3 Å². The van der Waals surface area contributed by atoms with Crippen molar-refractivity contribution < 1.29 is 19.1 Å². The lowest BCUT2D eigenvalue weighted by atomic mass is 9.83. The lowest BCUT2D eigenvalue weighted by molar-refractivity contribution is -0.123. The van der Waals surface area contributed by atoms with Gasteiger partial charge in [0.2, 0.25) is 0 Å². The van der Waals surface area contributed by atoms with Crippen LogP contribution >= 0.6 is 0 Å². The van der Waals surface area contributed by atoms with E-state index >= 15 is 0 Å². The molecule has 1 aromatic heterocycles. The van der Waals surface area contributed by atoms with E-state index in [0.29, 0.717) is 11.4 Å². The van der Waals surface area contributed by atoms with Gasteiger partial charge in [-0.3, -0.25) is 14.5 Å². The molecule has 1 N–H and O–H groups in total. The molecule has 1 aliphatic heterocycles. The van der Waals surface area contributed by atoms with E-state index in [1.165, 1.54) is 11.2 Å². The molecule has 1 aliphatic rings. The van der Waals surface area contributed by atoms with E-state index in [1.54, 1.807) is 32.9 Å². The summed E-state index contributed by atoms with van der Waals surface area (Å²) in [4.78, 5) is 27.2. The summed E-state index contributed by atoms with van der Waals surface area (Å²) in [5.41, 5.74) is 1.09. The van der Waals surface area contributed by atoms with Gasteiger partial charge in [-0.25, -0.2) is 0 Å². The summed E-state index contributed by atoms with van der Waals surface area (Å²) in [5.74, 6) is -0.943. The molecule has 0 spiro atoms. The zero-order chi connectivity index (χ0) is 19.1. The summed E-state index contributed by atoms with van der Waals surface area (Å²) in [6, 6.07) is 10.1. The highest BCUT2D eigenvalue weighted by Gasteiger charge is 2.47. The van der Waals surface area contributed by atoms with Crippen LogP contribution in [-0.2, 0) is 16.0 Å². The maximum absolute atomic E-state index is 13.0. The minimum atomic E-state index is -0.781. The second-order valence-corrected chi connectivity index (χ2v) is 7.45. The van der Waals surface area contributed by atoms with Gasteiger partial charge in [-0.05, 0) is 36.2 Å². The van der Waals surface area contributed by atoms with E-state index in [-0.39, 0.29) is 11.4 Å². The van der Waals surface area contributed by atoms with E-state index in [9.17, 15) is 14.7 Å². The average molecular weight is 353 g/mol. The summed E-state index contributed by atoms with van der Waals surface area (Å²) in [6.45, 7) is 7.34. The van der Waals surface area contributed by atoms with Crippen LogP contribution < -0.4 is 4.90 Å². The molecule has 0 radical (unpaired) electrons. The van der Waals surface area contributed by atoms with Crippen molar-refractivity contribution in [2.45, 2.75) is 40.2 Å². The number of carbonyl (C=O) groups is 2. The number of furan rings is 1. The lowest BCUT2D eigenvalue weighted by Gasteiger charge is -2.27. The molecule has 1 amide bonds. The summed E-state index contributed by atoms with van der Waals surface area (Å²) in [5, 5.41) is 10.5. The number of amides is 1. The average Bonchev–Trinajstić information content (AvgIpc) is 3.21. The van der Waals surface area contributed by atoms with Gasteiger partial charge in [0.15, 0.2) is 11.5 Å². The Balaban J connectivity index is 2.13. The Labute approximate surface area is 152 Å². The number of nitrogens with zero attached hydrogens (tertiary/aromatic N) is 1. The molecule has 0 aliphatic carbocycles. The first kappa shape index (κ1) is 18.0. The second kappa shape index (κ2) is 6.48. The minimum Gasteiger partial charge on any atom is -0.503 e. The molecule has 0 bridgehead atoms. The van der Waals surface area contributed by atoms with Crippen LogP contribution in [0.2, 0.25) is 0 Å². The molecule has 0 saturated carbocycles. The van der Waals surface area contributed by atoms with Crippen molar-refractivity contribution in [1.82, 2.24) is 0 Å². The number of hydrogen-bond acceptors (Lipinski definition) is 4. The van der Waals surface area contributed by atoms with Crippen molar-refractivity contribution in [2.24, 2.45) is 5.41 Å². The number of carbonyl (C=O) groups excluding carboxylic acids is 2. The van der Waals surface area contributed by atoms with Gasteiger partial charge in [0, 0.05) is 11.1 Å². The molecule has 0 fully saturated rings. The molecule has 2 heterocycles. The highest BCUT2D eigenvalue weighted by molar-refractivity contribution is 6.17. The van der Waals surface area contributed by atoms with Gasteiger partial charge in [0.25, 0.3) is 5.91 Å². The summed E-state index contributed by atoms with van der Waals surface area (Å²) in [7, 11) is 0. The highest BCUT2D eigenvalue weighted by atomic mass is 16.3. The molecule has 0 saturated heterocycles. The molecule has 3 rings (SSSR count). The number of aryl methyl sites for hydroxylation is 1. The van der Waals surface area contributed by atoms with Crippen molar-refractivity contribution in [3.63, 3.8) is 0 Å². The summed E-state index contributed by atoms with van der Waals surface area (Å²) in [6.07, 6.45) is 2.37. The van der Waals surface area contributed by atoms with Crippen molar-refractivity contribution in [3.8, 4) is 0 Å². The number of anilines is 1. The standard InChI is InChI=1S/C21H23NO4/c1-5-13-8-10-14(11-9-13)22-17(15-7-6-12-26-15)16(18(23)20(22)25)19(24)21(2,3)4/h6-12,17,23H,5H2,1-4H3. The monoisotopic (exact) mass is 353 g/mol. The third-order valence-electron chi connectivity index (χ3n) is 4.57. The normalized spacial score (nSPS) is 17.9. The number of rotatable bonds is 4. The largest absolute Gasteiger partial charge is 0.503 e. The number of ketones is 1. The van der Waals surface area contributed by atoms with Crippen LogP contribution in [0.25, 0.3) is 0 Å². The topological polar surface area (TPSA) is 70.8 Å². The van der Waals surface area contributed by atoms with Crippen molar-refractivity contribution in [1.29, 1.82) is 0 Å². The molecule has 26 heavy (non-hydrogen) atoms. The first-order valence-electron chi connectivity index (χ1n) is 8.69. The Kier molecular flexibility index (Phi) is 4.48. The fourth-order valence-corrected chi connectivity index (χ4v) is 3.12. The van der Waals surface area contributed by atoms with E-state index in [4.69, 9.17) is 4.42 Å². The first-order chi connectivity index (χ1) is 12.3. The highest BCUT2D eigenvalue weighted by Crippen LogP contribution is 2.43. The second-order valence-electron chi connectivity index (χ2n) is 7.45. The fourth-order valence-electron chi connectivity index (χ4n) is 3.12. The van der Waals surface area contributed by atoms with E-state index in [0.717, 1.165) is 12.0 Å². The molecule has 5 nitrogen and oxygen atoms in total. The fraction of sp³-hybridized carbons (Fsp3) is 0.333. The summed E-state index contributed by atoms with van der Waals surface area (Å²) < 4.78 is 5.51. The van der Waals surface area contributed by atoms with E-state index in [1.807, 2.05) is 24.3 Å². The Bertz CT molecular complexity index is 854. The van der Waals surface area contributed by atoms with Crippen LogP contribution in [-0.4, -0.2) is 16.8 Å². The summed E-state index contributed by atoms with van der Waals surface area (Å²) >= 11 is 0. The quantitative estimate of drug-likeness (QED) is 0.887. The Morgan fingerprint density at radius 1 is 1.19 bits per heavy atom. The van der Waals surface area contributed by atoms with Crippen LogP contribution in [0.15, 0.2) is 58.4 Å². The Morgan fingerprint density at radius 2 is 1.85 bits per heavy atom. The Hall–Kier alpha value is -2.82. The maximum Gasteiger partial charge on any atom is 0.294 e. The van der Waals surface area contributed by atoms with Crippen LogP contribution in [0.4, 0.5) is 5.69 Å². The number of benzene rings is 1. The molecule has 2 aromatic rings. The predicted molar refractivity (Wildman–Crippen MR) is 98.9 cm³/mol. The van der Waals surface area contributed by atoms with Gasteiger partial charge in [0.05, 0.1) is 11.8 Å². The maximum atomic E-state index is 13.0. The minimum absolute atomic E-state index is 0.0806. The predicted octanol–water partition coefficient (Wildman–Crippen LogP) is 4.36. The van der Waals surface area contributed by atoms with Gasteiger partial charge in [0.1, 0.15) is 11.8 Å². The number of aliphatic hydroxyl groups is 1. The molecule has 1 atom stereocenters. The van der Waals surface area contributed by atoms with Crippen LogP contribution in [0.5, 0.6) is 0 Å². The molecule has 1 aromatic carbocycles. The molecule has 5 heteroatoms. The molecule has 1 unspecified atom stereocenters. The smallest absolute Gasteiger partial charge is 0.294 e. The number of hydrogen-bond donors (Lipinski definition) is 1. The molecule has 136 valence electrons. The van der Waals surface area contributed by atoms with Gasteiger partial charge in [-0.15, -0.1) is 0 Å². The Morgan fingerprint density at radius 3 is 2.35 bits per heavy atom. The van der Waals surface area contributed by atoms with Crippen molar-refractivity contribution >= 4 is 17.4 Å². The van der Waals surface area contributed by atoms with Gasteiger partial charge in [-0.1, -0.05) is 39.8 Å². The van der Waals surface area contributed by atoms with Gasteiger partial charge in [-0.2, -0.15) is 0 Å². The molecular formula is C21H23NO4. The van der Waals surface area contributed by atoms with E-state index in [2.05, 4.69) is 6.92 Å². The SMILES string of the molecule is CCc1ccc(N2C(=O)C(O)=C(C(=O)C(C)(C)C)C2c2ccco2)cc1. The third-order valence-corrected chi connectivity index (χ3v) is 4.57. The van der Waals surface area contributed by atoms with Crippen LogP contribution in [0, 0.1) is 5.41 Å². The van der Waals surface area contributed by atoms with Crippen LogP contribution in [0.1, 0.15) is 45.1 Å². The molecular weight excluding hydrogens is 330 g/mol. The zero-order valence-corrected chi connectivity index (χ0v) is 15.4. The number of aliphatic hydroxyl groups excluding tert-OH is 1. The van der Waals surface area contributed by atoms with Crippen LogP contribution in [0.3, 0.4) is 0 Å². The first-order valence-corrected chi connectivity index (χ1v) is 8.69. The third kappa shape index (κ3) is 2.94. The van der Waals surface area contributed by atoms with Crippen molar-refractivity contribution in [2.75, 3.05) is 4.90 Å². The zero-order valence-electron chi connectivity index (χ0n) is 15.4. The van der Waals surface area contributed by atoms with Gasteiger partial charge < -0.3 is 9.52 Å². The number of Topliss-reactive ketones (excluding diaryl/α,β-unsaturated/α-hetero) is 1. The van der Waals surface area contributed by atoms with Gasteiger partial charge >= 0.3 is 0 Å². The lowest BCUT2D eigenvalue weighted by Crippen LogP contribution is -2.32. The van der Waals surface area contributed by atoms with E-state index < -0.39 is 23.1 Å².